The molecule has 5 rings (SSSR count). The van der Waals surface area contributed by atoms with Crippen LogP contribution in [0.3, 0.4) is 0 Å². The van der Waals surface area contributed by atoms with Crippen molar-refractivity contribution >= 4 is 44.8 Å². The summed E-state index contributed by atoms with van der Waals surface area (Å²) in [6.45, 7) is 7.42. The Kier molecular flexibility index (Phi) is 7.74. The Morgan fingerprint density at radius 3 is 2.37 bits per heavy atom. The van der Waals surface area contributed by atoms with Crippen LogP contribution in [0, 0.1) is 6.92 Å². The van der Waals surface area contributed by atoms with Crippen molar-refractivity contribution in [1.29, 1.82) is 0 Å². The molecule has 0 spiro atoms. The fraction of sp³-hybridized carbons (Fsp3) is 0.219. The molecule has 0 radical (unpaired) electrons. The summed E-state index contributed by atoms with van der Waals surface area (Å²) in [6, 6.07) is 18.5. The van der Waals surface area contributed by atoms with E-state index >= 15 is 0 Å². The topological polar surface area (TPSA) is 105 Å². The van der Waals surface area contributed by atoms with Crippen molar-refractivity contribution in [3.8, 4) is 38.7 Å². The summed E-state index contributed by atoms with van der Waals surface area (Å²) in [5.41, 5.74) is 5.97. The third kappa shape index (κ3) is 5.91. The Balaban J connectivity index is 1.71. The number of nitrogens with one attached hydrogen (secondary N) is 1. The number of phenols is 1. The van der Waals surface area contributed by atoms with Crippen molar-refractivity contribution in [2.24, 2.45) is 0 Å². The second kappa shape index (κ2) is 11.1. The molecule has 5 aromatic rings. The van der Waals surface area contributed by atoms with Crippen LogP contribution in [0.25, 0.3) is 43.2 Å². The summed E-state index contributed by atoms with van der Waals surface area (Å²) >= 11 is 7.69. The largest absolute Gasteiger partial charge is 0.506 e. The van der Waals surface area contributed by atoms with Gasteiger partial charge in [-0.25, -0.2) is 9.78 Å². The standard InChI is InChI=1S/C32H30ClN3O4S/c1-17-14-24-29(27(18-6-9-21(33)10-7-18)26(17)28(31(38)39)40-32(2,3)4)41-30(36-24)20-12-13-35-23(15-20)19-8-11-22(34-5)25(37)16-19/h6-16,28,34,37H,1-5H3,(H,38,39)/t28-/m0/s1. The predicted octanol–water partition coefficient (Wildman–Crippen LogP) is 8.34. The molecule has 2 heterocycles. The van der Waals surface area contributed by atoms with Crippen LogP contribution in [0.4, 0.5) is 5.69 Å². The van der Waals surface area contributed by atoms with E-state index in [0.717, 1.165) is 43.0 Å². The van der Waals surface area contributed by atoms with Crippen LogP contribution < -0.4 is 5.32 Å². The second-order valence-electron chi connectivity index (χ2n) is 10.7. The van der Waals surface area contributed by atoms with E-state index in [9.17, 15) is 15.0 Å². The number of aliphatic carboxylic acids is 1. The van der Waals surface area contributed by atoms with E-state index in [2.05, 4.69) is 10.3 Å². The molecule has 0 aliphatic rings. The van der Waals surface area contributed by atoms with Crippen molar-refractivity contribution in [2.75, 3.05) is 12.4 Å². The van der Waals surface area contributed by atoms with Crippen molar-refractivity contribution < 1.29 is 19.7 Å². The van der Waals surface area contributed by atoms with Gasteiger partial charge in [-0.3, -0.25) is 4.98 Å². The first-order valence-corrected chi connectivity index (χ1v) is 14.2. The molecular formula is C32H30ClN3O4S. The Morgan fingerprint density at radius 1 is 1.02 bits per heavy atom. The number of carbonyl (C=O) groups is 1. The average Bonchev–Trinajstić information content (AvgIpc) is 3.35. The van der Waals surface area contributed by atoms with Crippen LogP contribution in [-0.2, 0) is 9.53 Å². The van der Waals surface area contributed by atoms with Crippen LogP contribution in [0.5, 0.6) is 5.75 Å². The number of aryl methyl sites for hydroxylation is 1. The molecule has 0 saturated carbocycles. The van der Waals surface area contributed by atoms with Gasteiger partial charge in [0.25, 0.3) is 0 Å². The molecular weight excluding hydrogens is 558 g/mol. The molecule has 0 unspecified atom stereocenters. The number of hydrogen-bond donors (Lipinski definition) is 3. The normalized spacial score (nSPS) is 12.4. The van der Waals surface area contributed by atoms with Crippen LogP contribution >= 0.6 is 22.9 Å². The molecule has 0 bridgehead atoms. The number of phenolic OH excluding ortho intramolecular Hbond substituents is 1. The number of hydrogen-bond acceptors (Lipinski definition) is 7. The molecule has 210 valence electrons. The van der Waals surface area contributed by atoms with Crippen molar-refractivity contribution in [3.05, 3.63) is 83.0 Å². The van der Waals surface area contributed by atoms with Gasteiger partial charge in [0.1, 0.15) is 10.8 Å². The smallest absolute Gasteiger partial charge is 0.337 e. The van der Waals surface area contributed by atoms with E-state index in [4.69, 9.17) is 21.3 Å². The number of carboxylic acid groups (broad SMARTS) is 1. The number of benzene rings is 3. The molecule has 2 aromatic heterocycles. The molecule has 3 N–H and O–H groups in total. The van der Waals surface area contributed by atoms with Gasteiger partial charge >= 0.3 is 5.97 Å². The number of aromatic nitrogens is 2. The number of rotatable bonds is 7. The van der Waals surface area contributed by atoms with E-state index in [-0.39, 0.29) is 5.75 Å². The van der Waals surface area contributed by atoms with E-state index in [1.54, 1.807) is 37.5 Å². The number of nitrogens with zero attached hydrogens (tertiary/aromatic N) is 2. The van der Waals surface area contributed by atoms with E-state index in [1.807, 2.05) is 64.1 Å². The van der Waals surface area contributed by atoms with Crippen LogP contribution in [0.1, 0.15) is 38.0 Å². The van der Waals surface area contributed by atoms with Gasteiger partial charge in [0.2, 0.25) is 0 Å². The summed E-state index contributed by atoms with van der Waals surface area (Å²) < 4.78 is 6.96. The zero-order chi connectivity index (χ0) is 29.5. The van der Waals surface area contributed by atoms with E-state index in [0.29, 0.717) is 22.0 Å². The SMILES string of the molecule is CNc1ccc(-c2cc(-c3nc4cc(C)c([C@H](OC(C)(C)C)C(=O)O)c(-c5ccc(Cl)cc5)c4s3)ccn2)cc1O. The quantitative estimate of drug-likeness (QED) is 0.164. The van der Waals surface area contributed by atoms with Crippen molar-refractivity contribution in [3.63, 3.8) is 0 Å². The zero-order valence-electron chi connectivity index (χ0n) is 23.3. The second-order valence-corrected chi connectivity index (χ2v) is 12.2. The number of ether oxygens (including phenoxy) is 1. The van der Waals surface area contributed by atoms with Gasteiger partial charge in [-0.05, 0) is 81.3 Å². The lowest BCUT2D eigenvalue weighted by atomic mass is 9.91. The molecule has 0 fully saturated rings. The van der Waals surface area contributed by atoms with Crippen molar-refractivity contribution in [1.82, 2.24) is 9.97 Å². The minimum Gasteiger partial charge on any atom is -0.506 e. The number of anilines is 1. The van der Waals surface area contributed by atoms with Gasteiger partial charge in [-0.2, -0.15) is 0 Å². The Morgan fingerprint density at radius 2 is 1.73 bits per heavy atom. The van der Waals surface area contributed by atoms with Gasteiger partial charge in [-0.1, -0.05) is 29.8 Å². The highest BCUT2D eigenvalue weighted by Gasteiger charge is 2.32. The number of halogens is 1. The van der Waals surface area contributed by atoms with Gasteiger partial charge < -0.3 is 20.3 Å². The van der Waals surface area contributed by atoms with Gasteiger partial charge in [0, 0.05) is 40.5 Å². The Labute approximate surface area is 247 Å². The number of fused-ring (bicyclic) bond motifs is 1. The molecule has 1 atom stereocenters. The van der Waals surface area contributed by atoms with Gasteiger partial charge in [-0.15, -0.1) is 11.3 Å². The van der Waals surface area contributed by atoms with Crippen LogP contribution in [0.2, 0.25) is 5.02 Å². The number of pyridine rings is 1. The van der Waals surface area contributed by atoms with Crippen LogP contribution in [-0.4, -0.2) is 38.8 Å². The lowest BCUT2D eigenvalue weighted by Gasteiger charge is -2.28. The summed E-state index contributed by atoms with van der Waals surface area (Å²) in [6.07, 6.45) is 0.533. The zero-order valence-corrected chi connectivity index (χ0v) is 24.9. The maximum absolute atomic E-state index is 12.6. The monoisotopic (exact) mass is 587 g/mol. The number of aromatic hydroxyl groups is 1. The average molecular weight is 588 g/mol. The molecule has 7 nitrogen and oxygen atoms in total. The maximum Gasteiger partial charge on any atom is 0.337 e. The maximum atomic E-state index is 12.6. The first-order chi connectivity index (χ1) is 19.4. The summed E-state index contributed by atoms with van der Waals surface area (Å²) in [5, 5.41) is 24.9. The molecule has 3 aromatic carbocycles. The molecule has 0 aliphatic heterocycles. The highest BCUT2D eigenvalue weighted by atomic mass is 35.5. The number of carboxylic acids is 1. The third-order valence-electron chi connectivity index (χ3n) is 6.59. The van der Waals surface area contributed by atoms with Gasteiger partial charge in [0.05, 0.1) is 27.2 Å². The Bertz CT molecular complexity index is 1760. The predicted molar refractivity (Wildman–Crippen MR) is 166 cm³/mol. The molecule has 0 saturated heterocycles. The molecule has 0 amide bonds. The molecule has 0 aliphatic carbocycles. The van der Waals surface area contributed by atoms with E-state index in [1.165, 1.54) is 11.3 Å². The molecule has 41 heavy (non-hydrogen) atoms. The summed E-state index contributed by atoms with van der Waals surface area (Å²) in [4.78, 5) is 22.1. The highest BCUT2D eigenvalue weighted by molar-refractivity contribution is 7.22. The van der Waals surface area contributed by atoms with Crippen molar-refractivity contribution in [2.45, 2.75) is 39.4 Å². The lowest BCUT2D eigenvalue weighted by Crippen LogP contribution is -2.28. The summed E-state index contributed by atoms with van der Waals surface area (Å²) in [5.74, 6) is -0.924. The first-order valence-electron chi connectivity index (χ1n) is 13.0. The lowest BCUT2D eigenvalue weighted by molar-refractivity contribution is -0.160. The summed E-state index contributed by atoms with van der Waals surface area (Å²) in [7, 11) is 1.75. The highest BCUT2D eigenvalue weighted by Crippen LogP contribution is 2.44. The minimum absolute atomic E-state index is 0.137. The molecule has 9 heteroatoms. The fourth-order valence-corrected chi connectivity index (χ4v) is 6.03. The van der Waals surface area contributed by atoms with E-state index < -0.39 is 17.7 Å². The minimum atomic E-state index is -1.18. The first kappa shape index (κ1) is 28.5. The van der Waals surface area contributed by atoms with Gasteiger partial charge in [0.15, 0.2) is 6.10 Å². The van der Waals surface area contributed by atoms with Crippen LogP contribution in [0.15, 0.2) is 66.9 Å². The Hall–Kier alpha value is -3.98. The number of thiazole rings is 1. The fourth-order valence-electron chi connectivity index (χ4n) is 4.79. The third-order valence-corrected chi connectivity index (χ3v) is 7.98.